The molecule has 0 amide bonds. The fourth-order valence-corrected chi connectivity index (χ4v) is 3.17. The fraction of sp³-hybridized carbons (Fsp3) is 0.214. The maximum atomic E-state index is 11.6. The molecule has 4 rings (SSSR count). The maximum absolute atomic E-state index is 11.6. The third kappa shape index (κ3) is 2.25. The zero-order valence-electron chi connectivity index (χ0n) is 11.0. The van der Waals surface area contributed by atoms with Gasteiger partial charge in [0.25, 0.3) is 5.56 Å². The number of ether oxygens (including phenoxy) is 1. The molecular formula is C14H12N4O2S. The van der Waals surface area contributed by atoms with Gasteiger partial charge in [0.2, 0.25) is 10.1 Å². The molecule has 0 radical (unpaired) electrons. The fourth-order valence-electron chi connectivity index (χ4n) is 2.38. The number of rotatable bonds is 3. The number of aromatic nitrogens is 3. The molecule has 0 spiro atoms. The second-order valence-electron chi connectivity index (χ2n) is 4.82. The van der Waals surface area contributed by atoms with Crippen LogP contribution in [0, 0.1) is 0 Å². The van der Waals surface area contributed by atoms with Crippen LogP contribution >= 0.6 is 11.3 Å². The maximum Gasteiger partial charge on any atom is 0.275 e. The summed E-state index contributed by atoms with van der Waals surface area (Å²) in [4.78, 5) is 16.3. The Labute approximate surface area is 124 Å². The predicted octanol–water partition coefficient (Wildman–Crippen LogP) is 1.57. The van der Waals surface area contributed by atoms with Gasteiger partial charge < -0.3 is 10.1 Å². The summed E-state index contributed by atoms with van der Waals surface area (Å²) in [6, 6.07) is 9.45. The molecule has 2 aromatic heterocycles. The molecule has 1 atom stereocenters. The van der Waals surface area contributed by atoms with Gasteiger partial charge >= 0.3 is 0 Å². The van der Waals surface area contributed by atoms with Gasteiger partial charge in [0.05, 0.1) is 6.54 Å². The van der Waals surface area contributed by atoms with Crippen LogP contribution < -0.4 is 15.6 Å². The molecule has 3 heterocycles. The topological polar surface area (TPSA) is 68.5 Å². The monoisotopic (exact) mass is 300 g/mol. The van der Waals surface area contributed by atoms with E-state index in [9.17, 15) is 4.79 Å². The Bertz CT molecular complexity index is 832. The van der Waals surface area contributed by atoms with E-state index in [1.54, 1.807) is 0 Å². The highest BCUT2D eigenvalue weighted by molar-refractivity contribution is 7.20. The summed E-state index contributed by atoms with van der Waals surface area (Å²) in [7, 11) is 0. The lowest BCUT2D eigenvalue weighted by molar-refractivity contribution is 0.246. The summed E-state index contributed by atoms with van der Waals surface area (Å²) >= 11 is 1.35. The van der Waals surface area contributed by atoms with Crippen molar-refractivity contribution in [3.63, 3.8) is 0 Å². The first kappa shape index (κ1) is 12.3. The Hall–Kier alpha value is -2.41. The van der Waals surface area contributed by atoms with Crippen LogP contribution in [-0.4, -0.2) is 27.2 Å². The molecule has 1 aromatic carbocycles. The number of anilines is 1. The molecule has 0 bridgehead atoms. The van der Waals surface area contributed by atoms with E-state index in [2.05, 4.69) is 21.5 Å². The van der Waals surface area contributed by atoms with E-state index in [4.69, 9.17) is 4.74 Å². The largest absolute Gasteiger partial charge is 0.488 e. The van der Waals surface area contributed by atoms with Crippen LogP contribution in [0.1, 0.15) is 5.56 Å². The van der Waals surface area contributed by atoms with Crippen LogP contribution in [0.2, 0.25) is 0 Å². The van der Waals surface area contributed by atoms with Gasteiger partial charge in [0, 0.05) is 18.7 Å². The number of nitrogens with one attached hydrogen (secondary N) is 1. The van der Waals surface area contributed by atoms with E-state index in [0.29, 0.717) is 16.6 Å². The van der Waals surface area contributed by atoms with Crippen molar-refractivity contribution in [3.8, 4) is 5.75 Å². The van der Waals surface area contributed by atoms with Crippen molar-refractivity contribution < 1.29 is 4.74 Å². The number of hydrogen-bond donors (Lipinski definition) is 1. The molecule has 0 unspecified atom stereocenters. The molecule has 0 saturated heterocycles. The number of hydrogen-bond acceptors (Lipinski definition) is 6. The number of fused-ring (bicyclic) bond motifs is 2. The van der Waals surface area contributed by atoms with Crippen molar-refractivity contribution in [2.45, 2.75) is 12.5 Å². The SMILES string of the molecule is O=c1ccnc2sc(NC[C@@H]3Cc4ccccc4O3)nn12. The normalized spacial score (nSPS) is 16.7. The molecule has 106 valence electrons. The summed E-state index contributed by atoms with van der Waals surface area (Å²) < 4.78 is 7.16. The minimum atomic E-state index is -0.172. The van der Waals surface area contributed by atoms with Crippen LogP contribution in [0.3, 0.4) is 0 Å². The minimum Gasteiger partial charge on any atom is -0.488 e. The predicted molar refractivity (Wildman–Crippen MR) is 80.2 cm³/mol. The highest BCUT2D eigenvalue weighted by Gasteiger charge is 2.22. The summed E-state index contributed by atoms with van der Waals surface area (Å²) in [5, 5.41) is 8.11. The van der Waals surface area contributed by atoms with Crippen molar-refractivity contribution in [1.82, 2.24) is 14.6 Å². The van der Waals surface area contributed by atoms with Gasteiger partial charge in [-0.2, -0.15) is 4.52 Å². The summed E-state index contributed by atoms with van der Waals surface area (Å²) in [5.74, 6) is 0.950. The Morgan fingerprint density at radius 1 is 1.38 bits per heavy atom. The molecule has 0 fully saturated rings. The minimum absolute atomic E-state index is 0.0825. The van der Waals surface area contributed by atoms with Crippen LogP contribution in [0.15, 0.2) is 41.3 Å². The first-order chi connectivity index (χ1) is 10.3. The number of nitrogens with zero attached hydrogens (tertiary/aromatic N) is 3. The first-order valence-electron chi connectivity index (χ1n) is 6.63. The van der Waals surface area contributed by atoms with Gasteiger partial charge in [-0.05, 0) is 11.6 Å². The molecule has 6 nitrogen and oxygen atoms in total. The van der Waals surface area contributed by atoms with Crippen molar-refractivity contribution in [3.05, 3.63) is 52.4 Å². The van der Waals surface area contributed by atoms with E-state index in [1.807, 2.05) is 18.2 Å². The smallest absolute Gasteiger partial charge is 0.275 e. The lowest BCUT2D eigenvalue weighted by Crippen LogP contribution is -2.24. The van der Waals surface area contributed by atoms with Gasteiger partial charge in [-0.25, -0.2) is 4.98 Å². The Morgan fingerprint density at radius 2 is 2.29 bits per heavy atom. The summed E-state index contributed by atoms with van der Waals surface area (Å²) in [6.45, 7) is 0.642. The van der Waals surface area contributed by atoms with E-state index in [-0.39, 0.29) is 11.7 Å². The van der Waals surface area contributed by atoms with Crippen LogP contribution in [0.25, 0.3) is 4.96 Å². The van der Waals surface area contributed by atoms with E-state index in [1.165, 1.54) is 33.7 Å². The third-order valence-electron chi connectivity index (χ3n) is 3.37. The van der Waals surface area contributed by atoms with Crippen LogP contribution in [-0.2, 0) is 6.42 Å². The molecule has 3 aromatic rings. The number of benzene rings is 1. The van der Waals surface area contributed by atoms with E-state index >= 15 is 0 Å². The van der Waals surface area contributed by atoms with E-state index < -0.39 is 0 Å². The molecule has 7 heteroatoms. The second-order valence-corrected chi connectivity index (χ2v) is 5.77. The van der Waals surface area contributed by atoms with Crippen molar-refractivity contribution in [1.29, 1.82) is 0 Å². The lowest BCUT2D eigenvalue weighted by atomic mass is 10.1. The molecule has 0 aliphatic carbocycles. The van der Waals surface area contributed by atoms with Crippen LogP contribution in [0.5, 0.6) is 5.75 Å². The third-order valence-corrected chi connectivity index (χ3v) is 4.25. The summed E-state index contributed by atoms with van der Waals surface area (Å²) in [5.41, 5.74) is 1.06. The molecule has 21 heavy (non-hydrogen) atoms. The molecule has 0 saturated carbocycles. The Balaban J connectivity index is 1.47. The molecule has 1 aliphatic heterocycles. The van der Waals surface area contributed by atoms with Gasteiger partial charge in [-0.15, -0.1) is 5.10 Å². The average Bonchev–Trinajstić information content (AvgIpc) is 3.09. The van der Waals surface area contributed by atoms with Gasteiger partial charge in [-0.1, -0.05) is 29.5 Å². The highest BCUT2D eigenvalue weighted by atomic mass is 32.1. The van der Waals surface area contributed by atoms with Crippen molar-refractivity contribution >= 4 is 21.4 Å². The highest BCUT2D eigenvalue weighted by Crippen LogP contribution is 2.28. The van der Waals surface area contributed by atoms with Crippen LogP contribution in [0.4, 0.5) is 5.13 Å². The van der Waals surface area contributed by atoms with Gasteiger partial charge in [0.1, 0.15) is 11.9 Å². The zero-order chi connectivity index (χ0) is 14.2. The van der Waals surface area contributed by atoms with Gasteiger partial charge in [-0.3, -0.25) is 4.79 Å². The zero-order valence-corrected chi connectivity index (χ0v) is 11.8. The standard InChI is InChI=1S/C14H12N4O2S/c19-12-5-6-15-14-18(12)17-13(21-14)16-8-10-7-9-3-1-2-4-11(9)20-10/h1-6,10H,7-8H2,(H,16,17)/t10-/m0/s1. The van der Waals surface area contributed by atoms with Crippen molar-refractivity contribution in [2.75, 3.05) is 11.9 Å². The molecule has 1 aliphatic rings. The molecule has 1 N–H and O–H groups in total. The second kappa shape index (κ2) is 4.85. The summed E-state index contributed by atoms with van der Waals surface area (Å²) in [6.07, 6.45) is 2.46. The lowest BCUT2D eigenvalue weighted by Gasteiger charge is -2.10. The van der Waals surface area contributed by atoms with Crippen molar-refractivity contribution in [2.24, 2.45) is 0 Å². The number of para-hydroxylation sites is 1. The Morgan fingerprint density at radius 3 is 3.14 bits per heavy atom. The average molecular weight is 300 g/mol. The first-order valence-corrected chi connectivity index (χ1v) is 7.44. The van der Waals surface area contributed by atoms with Gasteiger partial charge in [0.15, 0.2) is 0 Å². The quantitative estimate of drug-likeness (QED) is 0.795. The van der Waals surface area contributed by atoms with E-state index in [0.717, 1.165) is 12.2 Å². The molecular weight excluding hydrogens is 288 g/mol. The Kier molecular flexibility index (Phi) is 2.85.